The summed E-state index contributed by atoms with van der Waals surface area (Å²) in [7, 11) is 0. The third kappa shape index (κ3) is 6.78. The molecule has 0 aliphatic carbocycles. The van der Waals surface area contributed by atoms with E-state index in [0.29, 0.717) is 12.8 Å². The second-order valence-electron chi connectivity index (χ2n) is 6.14. The van der Waals surface area contributed by atoms with E-state index in [0.717, 1.165) is 31.4 Å². The van der Waals surface area contributed by atoms with Crippen LogP contribution in [0.2, 0.25) is 0 Å². The average molecular weight is 323 g/mol. The number of carbonyl (C=O) groups is 2. The second-order valence-corrected chi connectivity index (χ2v) is 6.14. The molecule has 24 heavy (non-hydrogen) atoms. The Morgan fingerprint density at radius 1 is 0.792 bits per heavy atom. The van der Waals surface area contributed by atoms with Gasteiger partial charge in [-0.3, -0.25) is 4.79 Å². The van der Waals surface area contributed by atoms with Crippen LogP contribution in [0.3, 0.4) is 0 Å². The third-order valence-electron chi connectivity index (χ3n) is 3.94. The van der Waals surface area contributed by atoms with E-state index >= 15 is 0 Å². The number of nitrogens with one attached hydrogen (secondary N) is 1. The van der Waals surface area contributed by atoms with Crippen LogP contribution in [-0.2, 0) is 22.4 Å². The Hall–Kier alpha value is -2.42. The molecule has 0 aliphatic heterocycles. The maximum absolute atomic E-state index is 12.0. The van der Waals surface area contributed by atoms with Gasteiger partial charge in [0, 0.05) is 18.5 Å². The van der Waals surface area contributed by atoms with Crippen molar-refractivity contribution in [2.45, 2.75) is 45.4 Å². The zero-order chi connectivity index (χ0) is 17.2. The highest BCUT2D eigenvalue weighted by Crippen LogP contribution is 2.13. The predicted octanol–water partition coefficient (Wildman–Crippen LogP) is 4.56. The first kappa shape index (κ1) is 17.9. The number of anilines is 1. The summed E-state index contributed by atoms with van der Waals surface area (Å²) in [6.45, 7) is 1.62. The number of carbonyl (C=O) groups excluding carboxylic acids is 2. The van der Waals surface area contributed by atoms with E-state index in [2.05, 4.69) is 17.4 Å². The second kappa shape index (κ2) is 9.66. The summed E-state index contributed by atoms with van der Waals surface area (Å²) in [5.41, 5.74) is 3.29. The van der Waals surface area contributed by atoms with E-state index in [1.165, 1.54) is 11.1 Å². The van der Waals surface area contributed by atoms with Crippen molar-refractivity contribution in [1.82, 2.24) is 0 Å². The number of amides is 1. The van der Waals surface area contributed by atoms with Gasteiger partial charge in [-0.2, -0.15) is 0 Å². The van der Waals surface area contributed by atoms with Crippen molar-refractivity contribution >= 4 is 17.4 Å². The standard InChI is InChI=1S/C21H25NO2/c1-17(23)7-5-10-19-13-15-20(16-14-19)22-21(24)12-6-11-18-8-3-2-4-9-18/h2-4,8-9,13-16H,5-7,10-12H2,1H3,(H,22,24). The van der Waals surface area contributed by atoms with Crippen LogP contribution < -0.4 is 5.32 Å². The Bertz CT molecular complexity index is 647. The smallest absolute Gasteiger partial charge is 0.224 e. The van der Waals surface area contributed by atoms with Crippen molar-refractivity contribution in [3.05, 3.63) is 65.7 Å². The number of benzene rings is 2. The Morgan fingerprint density at radius 3 is 2.00 bits per heavy atom. The van der Waals surface area contributed by atoms with Crippen LogP contribution in [0, 0.1) is 0 Å². The van der Waals surface area contributed by atoms with Gasteiger partial charge < -0.3 is 10.1 Å². The fourth-order valence-corrected chi connectivity index (χ4v) is 2.62. The van der Waals surface area contributed by atoms with E-state index in [9.17, 15) is 9.59 Å². The van der Waals surface area contributed by atoms with Crippen molar-refractivity contribution in [2.24, 2.45) is 0 Å². The van der Waals surface area contributed by atoms with Crippen molar-refractivity contribution in [1.29, 1.82) is 0 Å². The zero-order valence-electron chi connectivity index (χ0n) is 14.3. The minimum Gasteiger partial charge on any atom is -0.326 e. The van der Waals surface area contributed by atoms with Crippen LogP contribution in [0.25, 0.3) is 0 Å². The summed E-state index contributed by atoms with van der Waals surface area (Å²) in [4.78, 5) is 22.9. The highest BCUT2D eigenvalue weighted by Gasteiger charge is 2.03. The maximum Gasteiger partial charge on any atom is 0.224 e. The number of Topliss-reactive ketones (excluding diaryl/α,β-unsaturated/α-hetero) is 1. The van der Waals surface area contributed by atoms with E-state index in [4.69, 9.17) is 0 Å². The summed E-state index contributed by atoms with van der Waals surface area (Å²) in [6, 6.07) is 18.1. The number of rotatable bonds is 9. The first-order chi connectivity index (χ1) is 11.6. The SMILES string of the molecule is CC(=O)CCCc1ccc(NC(=O)CCCc2ccccc2)cc1. The first-order valence-electron chi connectivity index (χ1n) is 8.55. The molecule has 0 fully saturated rings. The van der Waals surface area contributed by atoms with Crippen molar-refractivity contribution in [3.8, 4) is 0 Å². The van der Waals surface area contributed by atoms with Crippen LogP contribution in [0.15, 0.2) is 54.6 Å². The third-order valence-corrected chi connectivity index (χ3v) is 3.94. The van der Waals surface area contributed by atoms with Crippen molar-refractivity contribution in [2.75, 3.05) is 5.32 Å². The lowest BCUT2D eigenvalue weighted by molar-refractivity contribution is -0.117. The molecule has 2 aromatic carbocycles. The zero-order valence-corrected chi connectivity index (χ0v) is 14.3. The predicted molar refractivity (Wildman–Crippen MR) is 98.1 cm³/mol. The molecule has 126 valence electrons. The molecular weight excluding hydrogens is 298 g/mol. The molecule has 0 atom stereocenters. The minimum absolute atomic E-state index is 0.0512. The summed E-state index contributed by atoms with van der Waals surface area (Å²) >= 11 is 0. The maximum atomic E-state index is 12.0. The molecule has 0 aromatic heterocycles. The van der Waals surface area contributed by atoms with Gasteiger partial charge in [0.15, 0.2) is 0 Å². The summed E-state index contributed by atoms with van der Waals surface area (Å²) < 4.78 is 0. The molecule has 3 heteroatoms. The Morgan fingerprint density at radius 2 is 1.38 bits per heavy atom. The van der Waals surface area contributed by atoms with E-state index in [1.54, 1.807) is 6.92 Å². The molecule has 0 unspecified atom stereocenters. The normalized spacial score (nSPS) is 10.4. The lowest BCUT2D eigenvalue weighted by Crippen LogP contribution is -2.11. The Kier molecular flexibility index (Phi) is 7.21. The van der Waals surface area contributed by atoms with Gasteiger partial charge in [0.1, 0.15) is 5.78 Å². The topological polar surface area (TPSA) is 46.2 Å². The quantitative estimate of drug-likeness (QED) is 0.735. The van der Waals surface area contributed by atoms with Gasteiger partial charge in [-0.25, -0.2) is 0 Å². The Balaban J connectivity index is 1.70. The van der Waals surface area contributed by atoms with Crippen molar-refractivity contribution in [3.63, 3.8) is 0 Å². The minimum atomic E-state index is 0.0512. The van der Waals surface area contributed by atoms with Crippen LogP contribution in [0.5, 0.6) is 0 Å². The van der Waals surface area contributed by atoms with Gasteiger partial charge in [-0.05, 0) is 55.9 Å². The van der Waals surface area contributed by atoms with Crippen molar-refractivity contribution < 1.29 is 9.59 Å². The molecule has 0 saturated heterocycles. The van der Waals surface area contributed by atoms with E-state index < -0.39 is 0 Å². The fraction of sp³-hybridized carbons (Fsp3) is 0.333. The van der Waals surface area contributed by atoms with Crippen LogP contribution in [0.4, 0.5) is 5.69 Å². The number of aryl methyl sites for hydroxylation is 2. The monoisotopic (exact) mass is 323 g/mol. The molecule has 1 amide bonds. The van der Waals surface area contributed by atoms with Gasteiger partial charge in [0.2, 0.25) is 5.91 Å². The highest BCUT2D eigenvalue weighted by molar-refractivity contribution is 5.90. The van der Waals surface area contributed by atoms with Crippen LogP contribution in [-0.4, -0.2) is 11.7 Å². The highest BCUT2D eigenvalue weighted by atomic mass is 16.1. The van der Waals surface area contributed by atoms with Crippen LogP contribution >= 0.6 is 0 Å². The molecule has 3 nitrogen and oxygen atoms in total. The summed E-state index contributed by atoms with van der Waals surface area (Å²) in [5, 5.41) is 2.94. The van der Waals surface area contributed by atoms with Gasteiger partial charge >= 0.3 is 0 Å². The summed E-state index contributed by atoms with van der Waals surface area (Å²) in [6.07, 6.45) is 4.68. The molecular formula is C21H25NO2. The van der Waals surface area contributed by atoms with Crippen LogP contribution in [0.1, 0.15) is 43.7 Å². The number of hydrogen-bond donors (Lipinski definition) is 1. The molecule has 0 aliphatic rings. The molecule has 2 aromatic rings. The number of hydrogen-bond acceptors (Lipinski definition) is 2. The van der Waals surface area contributed by atoms with Gasteiger partial charge in [0.25, 0.3) is 0 Å². The lowest BCUT2D eigenvalue weighted by Gasteiger charge is -2.07. The fourth-order valence-electron chi connectivity index (χ4n) is 2.62. The largest absolute Gasteiger partial charge is 0.326 e. The van der Waals surface area contributed by atoms with Gasteiger partial charge in [-0.1, -0.05) is 42.5 Å². The average Bonchev–Trinajstić information content (AvgIpc) is 2.57. The van der Waals surface area contributed by atoms with Gasteiger partial charge in [-0.15, -0.1) is 0 Å². The number of ketones is 1. The molecule has 0 saturated carbocycles. The van der Waals surface area contributed by atoms with E-state index in [1.807, 2.05) is 42.5 Å². The molecule has 0 heterocycles. The molecule has 2 rings (SSSR count). The molecule has 0 bridgehead atoms. The molecule has 0 radical (unpaired) electrons. The lowest BCUT2D eigenvalue weighted by atomic mass is 10.1. The first-order valence-corrected chi connectivity index (χ1v) is 8.55. The molecule has 0 spiro atoms. The van der Waals surface area contributed by atoms with E-state index in [-0.39, 0.29) is 11.7 Å². The Labute approximate surface area is 144 Å². The molecule has 1 N–H and O–H groups in total. The van der Waals surface area contributed by atoms with Gasteiger partial charge in [0.05, 0.1) is 0 Å². The summed E-state index contributed by atoms with van der Waals surface area (Å²) in [5.74, 6) is 0.282.